The van der Waals surface area contributed by atoms with Crippen LogP contribution in [0.1, 0.15) is 12.5 Å². The average molecular weight is 262 g/mol. The van der Waals surface area contributed by atoms with E-state index in [-0.39, 0.29) is 5.69 Å². The van der Waals surface area contributed by atoms with Crippen molar-refractivity contribution in [3.05, 3.63) is 40.1 Å². The molecule has 0 aliphatic heterocycles. The highest BCUT2D eigenvalue weighted by Crippen LogP contribution is 2.26. The van der Waals surface area contributed by atoms with Crippen LogP contribution in [0, 0.1) is 10.1 Å². The second-order valence-corrected chi connectivity index (χ2v) is 4.28. The molecule has 2 aromatic rings. The van der Waals surface area contributed by atoms with Crippen molar-refractivity contribution in [2.75, 3.05) is 0 Å². The summed E-state index contributed by atoms with van der Waals surface area (Å²) in [5.41, 5.74) is 6.52. The molecule has 1 amide bonds. The topological polar surface area (TPSA) is 114 Å². The van der Waals surface area contributed by atoms with Crippen molar-refractivity contribution < 1.29 is 9.72 Å². The molecule has 1 atom stereocenters. The second kappa shape index (κ2) is 5.07. The highest BCUT2D eigenvalue weighted by atomic mass is 16.6. The van der Waals surface area contributed by atoms with Gasteiger partial charge in [-0.25, -0.2) is 0 Å². The number of aromatic nitrogens is 1. The number of H-pyrrole nitrogens is 1. The molecule has 19 heavy (non-hydrogen) atoms. The largest absolute Gasteiger partial charge is 0.368 e. The lowest BCUT2D eigenvalue weighted by Gasteiger charge is -2.08. The first-order chi connectivity index (χ1) is 9.00. The van der Waals surface area contributed by atoms with E-state index in [9.17, 15) is 14.9 Å². The number of hydrogen-bond acceptors (Lipinski definition) is 4. The number of nitrogens with one attached hydrogen (secondary N) is 2. The number of nitro benzene ring substituents is 1. The zero-order valence-corrected chi connectivity index (χ0v) is 10.3. The van der Waals surface area contributed by atoms with Gasteiger partial charge < -0.3 is 16.0 Å². The van der Waals surface area contributed by atoms with E-state index in [2.05, 4.69) is 10.3 Å². The molecule has 1 aromatic heterocycles. The number of amides is 1. The van der Waals surface area contributed by atoms with Crippen molar-refractivity contribution in [1.82, 2.24) is 10.3 Å². The minimum atomic E-state index is -0.455. The van der Waals surface area contributed by atoms with Crippen molar-refractivity contribution in [3.63, 3.8) is 0 Å². The minimum absolute atomic E-state index is 0.0340. The Morgan fingerprint density at radius 2 is 2.32 bits per heavy atom. The van der Waals surface area contributed by atoms with Gasteiger partial charge in [-0.05, 0) is 12.5 Å². The molecule has 7 nitrogen and oxygen atoms in total. The Hall–Kier alpha value is -2.41. The molecule has 0 aliphatic rings. The van der Waals surface area contributed by atoms with Crippen molar-refractivity contribution in [3.8, 4) is 0 Å². The Morgan fingerprint density at radius 3 is 2.95 bits per heavy atom. The van der Waals surface area contributed by atoms with Crippen LogP contribution in [0.4, 0.5) is 5.69 Å². The molecular weight excluding hydrogens is 248 g/mol. The lowest BCUT2D eigenvalue weighted by molar-refractivity contribution is -0.383. The molecule has 0 bridgehead atoms. The van der Waals surface area contributed by atoms with Gasteiger partial charge in [-0.1, -0.05) is 12.1 Å². The number of primary amides is 1. The third-order valence-corrected chi connectivity index (χ3v) is 3.00. The Kier molecular flexibility index (Phi) is 3.48. The highest BCUT2D eigenvalue weighted by Gasteiger charge is 2.15. The standard InChI is InChI=1S/C12H14N4O3/c1-7(12(13)17)14-5-8-6-15-11-9(8)3-2-4-10(11)16(18)19/h2-4,6-7,14-15H,5H2,1H3,(H2,13,17)/t7-/m0/s1. The molecule has 2 rings (SSSR count). The van der Waals surface area contributed by atoms with Gasteiger partial charge in [0.2, 0.25) is 5.91 Å². The van der Waals surface area contributed by atoms with Gasteiger partial charge in [-0.15, -0.1) is 0 Å². The number of carbonyl (C=O) groups excluding carboxylic acids is 1. The summed E-state index contributed by atoms with van der Waals surface area (Å²) in [4.78, 5) is 24.3. The van der Waals surface area contributed by atoms with Crippen LogP contribution in [-0.4, -0.2) is 21.9 Å². The number of para-hydroxylation sites is 1. The fraction of sp³-hybridized carbons (Fsp3) is 0.250. The van der Waals surface area contributed by atoms with Crippen molar-refractivity contribution in [2.45, 2.75) is 19.5 Å². The normalized spacial score (nSPS) is 12.5. The average Bonchev–Trinajstić information content (AvgIpc) is 2.78. The second-order valence-electron chi connectivity index (χ2n) is 4.28. The van der Waals surface area contributed by atoms with Gasteiger partial charge in [-0.3, -0.25) is 14.9 Å². The number of carbonyl (C=O) groups is 1. The first-order valence-corrected chi connectivity index (χ1v) is 5.76. The summed E-state index contributed by atoms with van der Waals surface area (Å²) in [6.45, 7) is 2.07. The Labute approximate surface area is 108 Å². The zero-order chi connectivity index (χ0) is 14.0. The summed E-state index contributed by atoms with van der Waals surface area (Å²) in [6.07, 6.45) is 1.69. The first kappa shape index (κ1) is 13.0. The van der Waals surface area contributed by atoms with E-state index in [1.807, 2.05) is 0 Å². The molecule has 1 heterocycles. The Bertz CT molecular complexity index is 635. The van der Waals surface area contributed by atoms with Gasteiger partial charge in [0.1, 0.15) is 5.52 Å². The summed E-state index contributed by atoms with van der Waals surface area (Å²) >= 11 is 0. The number of non-ortho nitro benzene ring substituents is 1. The number of aromatic amines is 1. The highest BCUT2D eigenvalue weighted by molar-refractivity contribution is 5.90. The third-order valence-electron chi connectivity index (χ3n) is 3.00. The quantitative estimate of drug-likeness (QED) is 0.551. The van der Waals surface area contributed by atoms with Gasteiger partial charge in [0.15, 0.2) is 0 Å². The first-order valence-electron chi connectivity index (χ1n) is 5.76. The Balaban J connectivity index is 2.28. The molecule has 0 spiro atoms. The van der Waals surface area contributed by atoms with Crippen LogP contribution in [0.3, 0.4) is 0 Å². The number of benzene rings is 1. The molecule has 4 N–H and O–H groups in total. The summed E-state index contributed by atoms with van der Waals surface area (Å²) < 4.78 is 0. The number of nitro groups is 1. The molecule has 0 aliphatic carbocycles. The number of nitrogens with zero attached hydrogens (tertiary/aromatic N) is 1. The van der Waals surface area contributed by atoms with Crippen LogP contribution in [0.15, 0.2) is 24.4 Å². The summed E-state index contributed by atoms with van der Waals surface area (Å²) in [5.74, 6) is -0.439. The lowest BCUT2D eigenvalue weighted by atomic mass is 10.1. The van der Waals surface area contributed by atoms with Crippen LogP contribution in [0.2, 0.25) is 0 Å². The van der Waals surface area contributed by atoms with Crippen molar-refractivity contribution >= 4 is 22.5 Å². The number of fused-ring (bicyclic) bond motifs is 1. The van der Waals surface area contributed by atoms with Gasteiger partial charge in [-0.2, -0.15) is 0 Å². The van der Waals surface area contributed by atoms with E-state index in [4.69, 9.17) is 5.73 Å². The molecule has 0 saturated carbocycles. The molecular formula is C12H14N4O3. The third kappa shape index (κ3) is 2.55. The van der Waals surface area contributed by atoms with Gasteiger partial charge >= 0.3 is 0 Å². The Morgan fingerprint density at radius 1 is 1.58 bits per heavy atom. The van der Waals surface area contributed by atoms with Crippen LogP contribution >= 0.6 is 0 Å². The molecule has 7 heteroatoms. The van der Waals surface area contributed by atoms with Crippen LogP contribution in [0.5, 0.6) is 0 Å². The molecule has 0 saturated heterocycles. The van der Waals surface area contributed by atoms with Crippen LogP contribution in [0.25, 0.3) is 10.9 Å². The fourth-order valence-electron chi connectivity index (χ4n) is 1.86. The SMILES string of the molecule is C[C@H](NCc1c[nH]c2c([N+](=O)[O-])cccc12)C(N)=O. The maximum atomic E-state index is 10.9. The van der Waals surface area contributed by atoms with Gasteiger partial charge in [0.05, 0.1) is 11.0 Å². The van der Waals surface area contributed by atoms with E-state index in [0.29, 0.717) is 12.1 Å². The van der Waals surface area contributed by atoms with E-state index in [0.717, 1.165) is 10.9 Å². The molecule has 0 radical (unpaired) electrons. The molecule has 0 fully saturated rings. The van der Waals surface area contributed by atoms with Crippen LogP contribution < -0.4 is 11.1 Å². The number of nitrogens with two attached hydrogens (primary N) is 1. The number of hydrogen-bond donors (Lipinski definition) is 3. The van der Waals surface area contributed by atoms with Crippen molar-refractivity contribution in [1.29, 1.82) is 0 Å². The van der Waals surface area contributed by atoms with E-state index >= 15 is 0 Å². The summed E-state index contributed by atoms with van der Waals surface area (Å²) in [7, 11) is 0. The van der Waals surface area contributed by atoms with Gasteiger partial charge in [0.25, 0.3) is 5.69 Å². The van der Waals surface area contributed by atoms with E-state index < -0.39 is 16.9 Å². The maximum absolute atomic E-state index is 10.9. The molecule has 1 aromatic carbocycles. The van der Waals surface area contributed by atoms with E-state index in [1.165, 1.54) is 6.07 Å². The summed E-state index contributed by atoms with van der Waals surface area (Å²) in [5, 5.41) is 14.6. The lowest BCUT2D eigenvalue weighted by Crippen LogP contribution is -2.38. The predicted octanol–water partition coefficient (Wildman–Crippen LogP) is 1.04. The number of rotatable bonds is 5. The monoisotopic (exact) mass is 262 g/mol. The van der Waals surface area contributed by atoms with Crippen LogP contribution in [-0.2, 0) is 11.3 Å². The minimum Gasteiger partial charge on any atom is -0.368 e. The van der Waals surface area contributed by atoms with Crippen molar-refractivity contribution in [2.24, 2.45) is 5.73 Å². The van der Waals surface area contributed by atoms with Gasteiger partial charge in [0, 0.05) is 24.2 Å². The molecule has 0 unspecified atom stereocenters. The maximum Gasteiger partial charge on any atom is 0.293 e. The smallest absolute Gasteiger partial charge is 0.293 e. The predicted molar refractivity (Wildman–Crippen MR) is 70.4 cm³/mol. The zero-order valence-electron chi connectivity index (χ0n) is 10.3. The fourth-order valence-corrected chi connectivity index (χ4v) is 1.86. The summed E-state index contributed by atoms with van der Waals surface area (Å²) in [6, 6.07) is 4.42. The molecule has 100 valence electrons. The van der Waals surface area contributed by atoms with E-state index in [1.54, 1.807) is 25.3 Å².